The summed E-state index contributed by atoms with van der Waals surface area (Å²) in [4.78, 5) is 24.3. The fourth-order valence-corrected chi connectivity index (χ4v) is 3.09. The van der Waals surface area contributed by atoms with Crippen LogP contribution >= 0.6 is 15.9 Å². The van der Waals surface area contributed by atoms with Gasteiger partial charge in [0.2, 0.25) is 5.91 Å². The number of hydrogen-bond acceptors (Lipinski definition) is 4. The predicted molar refractivity (Wildman–Crippen MR) is 114 cm³/mol. The van der Waals surface area contributed by atoms with Gasteiger partial charge in [0.1, 0.15) is 0 Å². The van der Waals surface area contributed by atoms with E-state index in [1.807, 2.05) is 36.4 Å². The van der Waals surface area contributed by atoms with Gasteiger partial charge in [0, 0.05) is 19.3 Å². The topological polar surface area (TPSA) is 80.6 Å². The van der Waals surface area contributed by atoms with E-state index in [1.54, 1.807) is 31.4 Å². The Morgan fingerprint density at radius 3 is 2.45 bits per heavy atom. The Morgan fingerprint density at radius 1 is 1.00 bits per heavy atom. The van der Waals surface area contributed by atoms with Gasteiger partial charge in [-0.05, 0) is 56.9 Å². The smallest absolute Gasteiger partial charge is 0.291 e. The van der Waals surface area contributed by atoms with Crippen LogP contribution < -0.4 is 10.6 Å². The maximum atomic E-state index is 12.2. The number of halogens is 1. The number of anilines is 1. The van der Waals surface area contributed by atoms with Gasteiger partial charge in [0.05, 0.1) is 13.0 Å². The lowest BCUT2D eigenvalue weighted by Crippen LogP contribution is -2.24. The van der Waals surface area contributed by atoms with Crippen LogP contribution in [-0.4, -0.2) is 18.9 Å². The molecule has 3 rings (SSSR count). The van der Waals surface area contributed by atoms with Crippen molar-refractivity contribution >= 4 is 33.4 Å². The summed E-state index contributed by atoms with van der Waals surface area (Å²) in [6, 6.07) is 18.3. The van der Waals surface area contributed by atoms with Gasteiger partial charge in [-0.15, -0.1) is 0 Å². The summed E-state index contributed by atoms with van der Waals surface area (Å²) < 4.78 is 10.8. The lowest BCUT2D eigenvalue weighted by Gasteiger charge is -2.08. The van der Waals surface area contributed by atoms with E-state index in [-0.39, 0.29) is 24.0 Å². The number of nitrogens with one attached hydrogen (secondary N) is 2. The molecule has 0 aliphatic rings. The summed E-state index contributed by atoms with van der Waals surface area (Å²) >= 11 is 3.17. The molecule has 7 heteroatoms. The van der Waals surface area contributed by atoms with Crippen LogP contribution in [0.2, 0.25) is 0 Å². The van der Waals surface area contributed by atoms with Crippen molar-refractivity contribution < 1.29 is 18.7 Å². The fraction of sp³-hybridized carbons (Fsp3) is 0.182. The molecule has 1 aromatic heterocycles. The quantitative estimate of drug-likeness (QED) is 0.529. The van der Waals surface area contributed by atoms with Gasteiger partial charge in [-0.3, -0.25) is 9.59 Å². The molecule has 150 valence electrons. The third kappa shape index (κ3) is 6.30. The Bertz CT molecular complexity index is 982. The molecule has 6 nitrogen and oxygen atoms in total. The van der Waals surface area contributed by atoms with Crippen molar-refractivity contribution in [3.8, 4) is 0 Å². The van der Waals surface area contributed by atoms with Crippen LogP contribution in [0.25, 0.3) is 0 Å². The van der Waals surface area contributed by atoms with E-state index in [0.29, 0.717) is 23.5 Å². The zero-order valence-corrected chi connectivity index (χ0v) is 17.5. The summed E-state index contributed by atoms with van der Waals surface area (Å²) in [7, 11) is 1.65. The van der Waals surface area contributed by atoms with E-state index in [1.165, 1.54) is 0 Å². The number of hydrogen-bond donors (Lipinski definition) is 2. The van der Waals surface area contributed by atoms with Crippen molar-refractivity contribution in [2.24, 2.45) is 0 Å². The number of carbonyl (C=O) groups excluding carboxylic acids is 2. The number of rotatable bonds is 8. The van der Waals surface area contributed by atoms with E-state index in [9.17, 15) is 9.59 Å². The molecule has 2 N–H and O–H groups in total. The van der Waals surface area contributed by atoms with Crippen LogP contribution in [-0.2, 0) is 29.1 Å². The van der Waals surface area contributed by atoms with E-state index >= 15 is 0 Å². The SMILES string of the molecule is COCc1cccc(CNC(=O)Cc2ccc(NC(=O)c3ccc(Br)o3)cc2)c1. The second-order valence-electron chi connectivity index (χ2n) is 6.46. The van der Waals surface area contributed by atoms with E-state index in [4.69, 9.17) is 9.15 Å². The molecular formula is C22H21BrN2O4. The summed E-state index contributed by atoms with van der Waals surface area (Å²) in [6.45, 7) is 1.01. The highest BCUT2D eigenvalue weighted by Crippen LogP contribution is 2.16. The summed E-state index contributed by atoms with van der Waals surface area (Å²) in [5.41, 5.74) is 3.57. The van der Waals surface area contributed by atoms with Gasteiger partial charge in [-0.25, -0.2) is 0 Å². The number of ether oxygens (including phenoxy) is 1. The van der Waals surface area contributed by atoms with Crippen molar-refractivity contribution in [2.45, 2.75) is 19.6 Å². The molecule has 0 aliphatic heterocycles. The van der Waals surface area contributed by atoms with Gasteiger partial charge in [-0.2, -0.15) is 0 Å². The normalized spacial score (nSPS) is 10.6. The molecule has 0 spiro atoms. The number of furan rings is 1. The Morgan fingerprint density at radius 2 is 1.76 bits per heavy atom. The maximum Gasteiger partial charge on any atom is 0.291 e. The first-order valence-corrected chi connectivity index (χ1v) is 9.82. The Balaban J connectivity index is 1.49. The Hall–Kier alpha value is -2.90. The average Bonchev–Trinajstić information content (AvgIpc) is 3.15. The predicted octanol–water partition coefficient (Wildman–Crippen LogP) is 4.30. The molecule has 0 atom stereocenters. The highest BCUT2D eigenvalue weighted by atomic mass is 79.9. The Kier molecular flexibility index (Phi) is 7.21. The minimum atomic E-state index is -0.336. The number of methoxy groups -OCH3 is 1. The molecule has 29 heavy (non-hydrogen) atoms. The Labute approximate surface area is 177 Å². The van der Waals surface area contributed by atoms with Crippen LogP contribution in [0.1, 0.15) is 27.2 Å². The first-order valence-electron chi connectivity index (χ1n) is 9.02. The minimum absolute atomic E-state index is 0.0700. The molecular weight excluding hydrogens is 436 g/mol. The lowest BCUT2D eigenvalue weighted by atomic mass is 10.1. The monoisotopic (exact) mass is 456 g/mol. The molecule has 2 aromatic carbocycles. The van der Waals surface area contributed by atoms with Crippen LogP contribution in [0, 0.1) is 0 Å². The number of benzene rings is 2. The molecule has 2 amide bonds. The van der Waals surface area contributed by atoms with Gasteiger partial charge in [-0.1, -0.05) is 36.4 Å². The third-order valence-electron chi connectivity index (χ3n) is 4.17. The summed E-state index contributed by atoms with van der Waals surface area (Å²) in [5.74, 6) is -0.189. The van der Waals surface area contributed by atoms with Gasteiger partial charge in [0.15, 0.2) is 10.4 Å². The summed E-state index contributed by atoms with van der Waals surface area (Å²) in [5, 5.41) is 5.67. The first kappa shape index (κ1) is 20.8. The molecule has 3 aromatic rings. The fourth-order valence-electron chi connectivity index (χ4n) is 2.78. The van der Waals surface area contributed by atoms with Gasteiger partial charge < -0.3 is 19.8 Å². The second-order valence-corrected chi connectivity index (χ2v) is 7.24. The van der Waals surface area contributed by atoms with Crippen molar-refractivity contribution in [2.75, 3.05) is 12.4 Å². The zero-order valence-electron chi connectivity index (χ0n) is 15.9. The highest BCUT2D eigenvalue weighted by Gasteiger charge is 2.11. The van der Waals surface area contributed by atoms with Gasteiger partial charge >= 0.3 is 0 Å². The zero-order chi connectivity index (χ0) is 20.6. The number of carbonyl (C=O) groups is 2. The van der Waals surface area contributed by atoms with E-state index in [2.05, 4.69) is 26.6 Å². The average molecular weight is 457 g/mol. The molecule has 1 heterocycles. The first-order chi connectivity index (χ1) is 14.0. The van der Waals surface area contributed by atoms with Crippen LogP contribution in [0.4, 0.5) is 5.69 Å². The minimum Gasteiger partial charge on any atom is -0.444 e. The maximum absolute atomic E-state index is 12.2. The van der Waals surface area contributed by atoms with Crippen LogP contribution in [0.3, 0.4) is 0 Å². The van der Waals surface area contributed by atoms with Gasteiger partial charge in [0.25, 0.3) is 5.91 Å². The van der Waals surface area contributed by atoms with Crippen LogP contribution in [0.5, 0.6) is 0 Å². The highest BCUT2D eigenvalue weighted by molar-refractivity contribution is 9.10. The molecule has 0 bridgehead atoms. The molecule has 0 radical (unpaired) electrons. The second kappa shape index (κ2) is 10.0. The van der Waals surface area contributed by atoms with E-state index in [0.717, 1.165) is 16.7 Å². The molecule has 0 aliphatic carbocycles. The molecule has 0 fully saturated rings. The molecule has 0 saturated carbocycles. The standard InChI is InChI=1S/C22H21BrN2O4/c1-28-14-17-4-2-3-16(11-17)13-24-21(26)12-15-5-7-18(8-6-15)25-22(27)19-9-10-20(23)29-19/h2-11H,12-14H2,1H3,(H,24,26)(H,25,27). The van der Waals surface area contributed by atoms with E-state index < -0.39 is 0 Å². The van der Waals surface area contributed by atoms with Crippen molar-refractivity contribution in [1.82, 2.24) is 5.32 Å². The van der Waals surface area contributed by atoms with Crippen LogP contribution in [0.15, 0.2) is 69.8 Å². The van der Waals surface area contributed by atoms with Crippen molar-refractivity contribution in [3.05, 3.63) is 87.8 Å². The number of amides is 2. The molecule has 0 saturated heterocycles. The third-order valence-corrected chi connectivity index (χ3v) is 4.59. The molecule has 0 unspecified atom stereocenters. The lowest BCUT2D eigenvalue weighted by molar-refractivity contribution is -0.120. The largest absolute Gasteiger partial charge is 0.444 e. The van der Waals surface area contributed by atoms with Crippen molar-refractivity contribution in [1.29, 1.82) is 0 Å². The van der Waals surface area contributed by atoms with Crippen molar-refractivity contribution in [3.63, 3.8) is 0 Å². The summed E-state index contributed by atoms with van der Waals surface area (Å²) in [6.07, 6.45) is 0.261.